The van der Waals surface area contributed by atoms with Crippen molar-refractivity contribution in [2.75, 3.05) is 19.6 Å². The van der Waals surface area contributed by atoms with Crippen LogP contribution in [0, 0.1) is 5.41 Å². The molecule has 21 heavy (non-hydrogen) atoms. The standard InChI is InChI=1S/C17H24N2O2/c1-17(7-9-19(10-8-17)16(20)21)12-18-15-11-14(15)13-5-3-2-4-6-13/h2-6,14-15,18H,7-12H2,1H3,(H,20,21)/t14-,15+/m0/s1. The Kier molecular flexibility index (Phi) is 3.89. The van der Waals surface area contributed by atoms with Crippen molar-refractivity contribution in [2.24, 2.45) is 5.41 Å². The highest BCUT2D eigenvalue weighted by molar-refractivity contribution is 5.65. The van der Waals surface area contributed by atoms with E-state index in [1.165, 1.54) is 16.9 Å². The molecule has 0 radical (unpaired) electrons. The lowest BCUT2D eigenvalue weighted by molar-refractivity contribution is 0.0966. The first-order chi connectivity index (χ1) is 10.1. The van der Waals surface area contributed by atoms with Gasteiger partial charge in [-0.15, -0.1) is 0 Å². The molecule has 1 saturated carbocycles. The van der Waals surface area contributed by atoms with Crippen LogP contribution in [0.25, 0.3) is 0 Å². The van der Waals surface area contributed by atoms with Crippen LogP contribution in [0.5, 0.6) is 0 Å². The van der Waals surface area contributed by atoms with Crippen LogP contribution in [0.15, 0.2) is 30.3 Å². The molecular formula is C17H24N2O2. The molecule has 3 rings (SSSR count). The number of carboxylic acid groups (broad SMARTS) is 1. The van der Waals surface area contributed by atoms with Gasteiger partial charge in [0.1, 0.15) is 0 Å². The molecule has 0 bridgehead atoms. The SMILES string of the molecule is CC1(CN[C@@H]2C[C@H]2c2ccccc2)CCN(C(=O)O)CC1. The number of hydrogen-bond acceptors (Lipinski definition) is 2. The number of rotatable bonds is 4. The van der Waals surface area contributed by atoms with Gasteiger partial charge in [-0.05, 0) is 30.2 Å². The predicted molar refractivity (Wildman–Crippen MR) is 82.5 cm³/mol. The van der Waals surface area contributed by atoms with E-state index in [2.05, 4.69) is 42.6 Å². The Hall–Kier alpha value is -1.55. The summed E-state index contributed by atoms with van der Waals surface area (Å²) < 4.78 is 0. The lowest BCUT2D eigenvalue weighted by Gasteiger charge is -2.38. The van der Waals surface area contributed by atoms with Gasteiger partial charge in [0.25, 0.3) is 0 Å². The molecular weight excluding hydrogens is 264 g/mol. The largest absolute Gasteiger partial charge is 0.465 e. The van der Waals surface area contributed by atoms with Gasteiger partial charge in [-0.25, -0.2) is 4.79 Å². The first-order valence-electron chi connectivity index (χ1n) is 7.84. The molecule has 4 heteroatoms. The first kappa shape index (κ1) is 14.4. The fourth-order valence-corrected chi connectivity index (χ4v) is 3.28. The van der Waals surface area contributed by atoms with Crippen LogP contribution in [0.4, 0.5) is 4.79 Å². The Morgan fingerprint density at radius 2 is 2.00 bits per heavy atom. The zero-order valence-electron chi connectivity index (χ0n) is 12.6. The second kappa shape index (κ2) is 5.68. The van der Waals surface area contributed by atoms with E-state index in [1.807, 2.05) is 0 Å². The van der Waals surface area contributed by atoms with E-state index >= 15 is 0 Å². The highest BCUT2D eigenvalue weighted by Crippen LogP contribution is 2.41. The number of carbonyl (C=O) groups is 1. The minimum absolute atomic E-state index is 0.232. The zero-order chi connectivity index (χ0) is 14.9. The summed E-state index contributed by atoms with van der Waals surface area (Å²) in [6.45, 7) is 4.61. The zero-order valence-corrected chi connectivity index (χ0v) is 12.6. The average Bonchev–Trinajstić information content (AvgIpc) is 3.26. The van der Waals surface area contributed by atoms with Crippen molar-refractivity contribution in [1.29, 1.82) is 0 Å². The van der Waals surface area contributed by atoms with E-state index in [0.717, 1.165) is 19.4 Å². The molecule has 0 spiro atoms. The minimum atomic E-state index is -0.781. The van der Waals surface area contributed by atoms with E-state index in [1.54, 1.807) is 0 Å². The second-order valence-corrected chi connectivity index (χ2v) is 6.82. The fourth-order valence-electron chi connectivity index (χ4n) is 3.28. The summed E-state index contributed by atoms with van der Waals surface area (Å²) in [5.41, 5.74) is 1.66. The molecule has 2 atom stereocenters. The molecule has 1 aliphatic carbocycles. The monoisotopic (exact) mass is 288 g/mol. The maximum absolute atomic E-state index is 11.0. The molecule has 2 N–H and O–H groups in total. The second-order valence-electron chi connectivity index (χ2n) is 6.82. The van der Waals surface area contributed by atoms with Gasteiger partial charge >= 0.3 is 6.09 Å². The third-order valence-electron chi connectivity index (χ3n) is 5.05. The van der Waals surface area contributed by atoms with Crippen molar-refractivity contribution in [1.82, 2.24) is 10.2 Å². The van der Waals surface area contributed by atoms with Crippen molar-refractivity contribution in [3.05, 3.63) is 35.9 Å². The van der Waals surface area contributed by atoms with Crippen LogP contribution in [0.3, 0.4) is 0 Å². The summed E-state index contributed by atoms with van der Waals surface area (Å²) in [7, 11) is 0. The molecule has 4 nitrogen and oxygen atoms in total. The average molecular weight is 288 g/mol. The smallest absolute Gasteiger partial charge is 0.407 e. The number of likely N-dealkylation sites (tertiary alicyclic amines) is 1. The Morgan fingerprint density at radius 3 is 2.62 bits per heavy atom. The van der Waals surface area contributed by atoms with Crippen molar-refractivity contribution < 1.29 is 9.90 Å². The number of benzene rings is 1. The normalized spacial score (nSPS) is 27.4. The number of amides is 1. The molecule has 1 heterocycles. The Balaban J connectivity index is 1.45. The van der Waals surface area contributed by atoms with Crippen molar-refractivity contribution >= 4 is 6.09 Å². The molecule has 1 saturated heterocycles. The summed E-state index contributed by atoms with van der Waals surface area (Å²) in [6.07, 6.45) is 2.35. The summed E-state index contributed by atoms with van der Waals surface area (Å²) in [5, 5.41) is 12.7. The predicted octanol–water partition coefficient (Wildman–Crippen LogP) is 2.91. The number of nitrogens with zero attached hydrogens (tertiary/aromatic N) is 1. The van der Waals surface area contributed by atoms with E-state index in [4.69, 9.17) is 5.11 Å². The van der Waals surface area contributed by atoms with Gasteiger partial charge in [0.05, 0.1) is 0 Å². The number of piperidine rings is 1. The summed E-state index contributed by atoms with van der Waals surface area (Å²) in [4.78, 5) is 12.5. The van der Waals surface area contributed by atoms with Crippen molar-refractivity contribution in [2.45, 2.75) is 38.1 Å². The molecule has 2 aliphatic rings. The van der Waals surface area contributed by atoms with Gasteiger partial charge < -0.3 is 15.3 Å². The first-order valence-corrected chi connectivity index (χ1v) is 7.84. The molecule has 1 aromatic carbocycles. The maximum Gasteiger partial charge on any atom is 0.407 e. The van der Waals surface area contributed by atoms with Crippen LogP contribution in [0.1, 0.15) is 37.7 Å². The maximum atomic E-state index is 11.0. The number of hydrogen-bond donors (Lipinski definition) is 2. The Labute approximate surface area is 126 Å². The van der Waals surface area contributed by atoms with Gasteiger partial charge in [-0.2, -0.15) is 0 Å². The number of nitrogens with one attached hydrogen (secondary N) is 1. The molecule has 1 aromatic rings. The van der Waals surface area contributed by atoms with Gasteiger partial charge in [-0.1, -0.05) is 37.3 Å². The van der Waals surface area contributed by atoms with Gasteiger partial charge in [0, 0.05) is 31.6 Å². The van der Waals surface area contributed by atoms with Crippen LogP contribution >= 0.6 is 0 Å². The van der Waals surface area contributed by atoms with E-state index < -0.39 is 6.09 Å². The van der Waals surface area contributed by atoms with Crippen LogP contribution in [-0.2, 0) is 0 Å². The molecule has 114 valence electrons. The third-order valence-corrected chi connectivity index (χ3v) is 5.05. The Bertz CT molecular complexity index is 495. The van der Waals surface area contributed by atoms with Gasteiger partial charge in [0.15, 0.2) is 0 Å². The Morgan fingerprint density at radius 1 is 1.33 bits per heavy atom. The highest BCUT2D eigenvalue weighted by atomic mass is 16.4. The van der Waals surface area contributed by atoms with Crippen LogP contribution in [-0.4, -0.2) is 41.8 Å². The quantitative estimate of drug-likeness (QED) is 0.895. The molecule has 0 aromatic heterocycles. The fraction of sp³-hybridized carbons (Fsp3) is 0.588. The van der Waals surface area contributed by atoms with Crippen molar-refractivity contribution in [3.63, 3.8) is 0 Å². The lowest BCUT2D eigenvalue weighted by atomic mass is 9.80. The van der Waals surface area contributed by atoms with Crippen molar-refractivity contribution in [3.8, 4) is 0 Å². The van der Waals surface area contributed by atoms with E-state index in [-0.39, 0.29) is 5.41 Å². The highest BCUT2D eigenvalue weighted by Gasteiger charge is 2.40. The van der Waals surface area contributed by atoms with Gasteiger partial charge in [0.2, 0.25) is 0 Å². The molecule has 1 aliphatic heterocycles. The summed E-state index contributed by atoms with van der Waals surface area (Å²) in [6, 6.07) is 11.3. The van der Waals surface area contributed by atoms with E-state index in [0.29, 0.717) is 25.0 Å². The topological polar surface area (TPSA) is 52.6 Å². The summed E-state index contributed by atoms with van der Waals surface area (Å²) >= 11 is 0. The van der Waals surface area contributed by atoms with Gasteiger partial charge in [-0.3, -0.25) is 0 Å². The third kappa shape index (κ3) is 3.38. The molecule has 1 amide bonds. The van der Waals surface area contributed by atoms with E-state index in [9.17, 15) is 4.79 Å². The molecule has 0 unspecified atom stereocenters. The summed E-state index contributed by atoms with van der Waals surface area (Å²) in [5.74, 6) is 0.661. The minimum Gasteiger partial charge on any atom is -0.465 e. The lowest BCUT2D eigenvalue weighted by Crippen LogP contribution is -2.45. The molecule has 2 fully saturated rings. The van der Waals surface area contributed by atoms with Crippen LogP contribution < -0.4 is 5.32 Å². The van der Waals surface area contributed by atoms with Crippen LogP contribution in [0.2, 0.25) is 0 Å².